The maximum Gasteiger partial charge on any atom is 0.245 e. The van der Waals surface area contributed by atoms with Crippen LogP contribution in [0.15, 0.2) is 55.1 Å². The van der Waals surface area contributed by atoms with Gasteiger partial charge in [0.25, 0.3) is 0 Å². The van der Waals surface area contributed by atoms with Crippen molar-refractivity contribution in [2.24, 2.45) is 5.92 Å². The van der Waals surface area contributed by atoms with Gasteiger partial charge in [0.15, 0.2) is 0 Å². The van der Waals surface area contributed by atoms with Crippen molar-refractivity contribution in [2.75, 3.05) is 20.2 Å². The Morgan fingerprint density at radius 2 is 2.04 bits per heavy atom. The number of aliphatic hydroxyl groups is 1. The zero-order valence-corrected chi connectivity index (χ0v) is 15.3. The monoisotopic (exact) mass is 365 g/mol. The van der Waals surface area contributed by atoms with Gasteiger partial charge in [0, 0.05) is 36.6 Å². The molecule has 4 rings (SSSR count). The lowest BCUT2D eigenvalue weighted by molar-refractivity contribution is -0.132. The fourth-order valence-electron chi connectivity index (χ4n) is 4.17. The second-order valence-electron chi connectivity index (χ2n) is 6.96. The third kappa shape index (κ3) is 2.98. The lowest BCUT2D eigenvalue weighted by Crippen LogP contribution is -2.51. The smallest absolute Gasteiger partial charge is 0.245 e. The molecule has 0 aliphatic carbocycles. The Labute approximate surface area is 158 Å². The van der Waals surface area contributed by atoms with Gasteiger partial charge in [0.1, 0.15) is 17.6 Å². The molecule has 3 atom stereocenters. The maximum atomic E-state index is 12.0. The van der Waals surface area contributed by atoms with Crippen LogP contribution in [0.5, 0.6) is 11.5 Å². The second kappa shape index (κ2) is 7.08. The summed E-state index contributed by atoms with van der Waals surface area (Å²) in [6.45, 7) is 4.63. The third-order valence-corrected chi connectivity index (χ3v) is 5.52. The number of amides is 1. The number of piperidine rings is 1. The largest absolute Gasteiger partial charge is 0.496 e. The van der Waals surface area contributed by atoms with Gasteiger partial charge >= 0.3 is 0 Å². The first kappa shape index (κ1) is 17.6. The molecule has 0 saturated carbocycles. The van der Waals surface area contributed by atoms with Crippen molar-refractivity contribution in [3.63, 3.8) is 0 Å². The molecule has 0 radical (unpaired) electrons. The van der Waals surface area contributed by atoms with Crippen LogP contribution < -0.4 is 9.47 Å². The predicted octanol–water partition coefficient (Wildman–Crippen LogP) is 3.19. The fourth-order valence-corrected chi connectivity index (χ4v) is 4.17. The molecule has 27 heavy (non-hydrogen) atoms. The standard InChI is InChI=1S/C22H23NO4/c1-3-20(24)23-12-11-18-16(13-23)22(25)21-15(8-6-10-19(21)27-18)14-7-4-5-9-17(14)26-2/h3-10,16,18,22,25H,1,11-13H2,2H3/t16-,18+,22?/m1/s1. The van der Waals surface area contributed by atoms with Crippen LogP contribution in [0.1, 0.15) is 18.1 Å². The number of benzene rings is 2. The van der Waals surface area contributed by atoms with E-state index in [9.17, 15) is 9.90 Å². The van der Waals surface area contributed by atoms with Gasteiger partial charge in [-0.05, 0) is 23.8 Å². The number of methoxy groups -OCH3 is 1. The minimum absolute atomic E-state index is 0.103. The van der Waals surface area contributed by atoms with Gasteiger partial charge in [-0.3, -0.25) is 4.79 Å². The topological polar surface area (TPSA) is 59.0 Å². The summed E-state index contributed by atoms with van der Waals surface area (Å²) in [5, 5.41) is 11.2. The zero-order chi connectivity index (χ0) is 19.0. The summed E-state index contributed by atoms with van der Waals surface area (Å²) in [6, 6.07) is 13.5. The maximum absolute atomic E-state index is 12.0. The number of fused-ring (bicyclic) bond motifs is 2. The van der Waals surface area contributed by atoms with Crippen molar-refractivity contribution in [1.29, 1.82) is 0 Å². The van der Waals surface area contributed by atoms with Crippen molar-refractivity contribution in [2.45, 2.75) is 18.6 Å². The Hall–Kier alpha value is -2.79. The molecule has 0 bridgehead atoms. The first-order chi connectivity index (χ1) is 13.1. The summed E-state index contributed by atoms with van der Waals surface area (Å²) in [5.41, 5.74) is 2.56. The molecule has 1 saturated heterocycles. The average molecular weight is 365 g/mol. The first-order valence-corrected chi connectivity index (χ1v) is 9.16. The molecular weight excluding hydrogens is 342 g/mol. The van der Waals surface area contributed by atoms with E-state index < -0.39 is 6.10 Å². The predicted molar refractivity (Wildman–Crippen MR) is 103 cm³/mol. The quantitative estimate of drug-likeness (QED) is 0.849. The summed E-state index contributed by atoms with van der Waals surface area (Å²) in [5.74, 6) is 1.17. The number of ether oxygens (including phenoxy) is 2. The van der Waals surface area contributed by atoms with Crippen LogP contribution >= 0.6 is 0 Å². The van der Waals surface area contributed by atoms with Crippen LogP contribution in [0.2, 0.25) is 0 Å². The Bertz CT molecular complexity index is 878. The number of hydrogen-bond donors (Lipinski definition) is 1. The highest BCUT2D eigenvalue weighted by atomic mass is 16.5. The molecule has 5 nitrogen and oxygen atoms in total. The number of carbonyl (C=O) groups is 1. The van der Waals surface area contributed by atoms with E-state index in [1.165, 1.54) is 6.08 Å². The van der Waals surface area contributed by atoms with Gasteiger partial charge in [-0.25, -0.2) is 0 Å². The van der Waals surface area contributed by atoms with Crippen molar-refractivity contribution in [1.82, 2.24) is 4.90 Å². The molecule has 2 aliphatic rings. The van der Waals surface area contributed by atoms with Gasteiger partial charge in [-0.2, -0.15) is 0 Å². The van der Waals surface area contributed by atoms with E-state index >= 15 is 0 Å². The molecule has 0 aromatic heterocycles. The molecule has 1 N–H and O–H groups in total. The van der Waals surface area contributed by atoms with Gasteiger partial charge in [0.05, 0.1) is 13.2 Å². The van der Waals surface area contributed by atoms with Crippen molar-refractivity contribution < 1.29 is 19.4 Å². The number of carbonyl (C=O) groups excluding carboxylic acids is 1. The zero-order valence-electron chi connectivity index (χ0n) is 15.3. The highest BCUT2D eigenvalue weighted by molar-refractivity contribution is 5.87. The van der Waals surface area contributed by atoms with E-state index in [1.807, 2.05) is 42.5 Å². The molecule has 140 valence electrons. The number of nitrogens with zero attached hydrogens (tertiary/aromatic N) is 1. The third-order valence-electron chi connectivity index (χ3n) is 5.52. The molecule has 1 fully saturated rings. The van der Waals surface area contributed by atoms with Crippen LogP contribution in [0.4, 0.5) is 0 Å². The highest BCUT2D eigenvalue weighted by Crippen LogP contribution is 2.47. The van der Waals surface area contributed by atoms with Gasteiger partial charge in [-0.1, -0.05) is 36.9 Å². The van der Waals surface area contributed by atoms with E-state index in [0.717, 1.165) is 22.4 Å². The van der Waals surface area contributed by atoms with Crippen LogP contribution in [-0.4, -0.2) is 42.2 Å². The fraction of sp³-hybridized carbons (Fsp3) is 0.318. The molecular formula is C22H23NO4. The molecule has 2 aromatic carbocycles. The van der Waals surface area contributed by atoms with Crippen molar-refractivity contribution in [3.05, 3.63) is 60.7 Å². The number of para-hydroxylation sites is 1. The molecule has 2 aromatic rings. The van der Waals surface area contributed by atoms with Gasteiger partial charge in [0.2, 0.25) is 5.91 Å². The summed E-state index contributed by atoms with van der Waals surface area (Å²) in [4.78, 5) is 13.8. The Kier molecular flexibility index (Phi) is 4.62. The minimum atomic E-state index is -0.722. The molecule has 5 heteroatoms. The van der Waals surface area contributed by atoms with Gasteiger partial charge < -0.3 is 19.5 Å². The SMILES string of the molecule is C=CC(=O)N1CC[C@@H]2Oc3cccc(-c4ccccc4OC)c3C(O)[C@@H]2C1. The van der Waals surface area contributed by atoms with Gasteiger partial charge in [-0.15, -0.1) is 0 Å². The van der Waals surface area contributed by atoms with E-state index in [2.05, 4.69) is 6.58 Å². The minimum Gasteiger partial charge on any atom is -0.496 e. The first-order valence-electron chi connectivity index (χ1n) is 9.16. The van der Waals surface area contributed by atoms with Crippen LogP contribution in [0, 0.1) is 5.92 Å². The van der Waals surface area contributed by atoms with Crippen LogP contribution in [0.3, 0.4) is 0 Å². The van der Waals surface area contributed by atoms with Crippen LogP contribution in [0.25, 0.3) is 11.1 Å². The molecule has 1 amide bonds. The Balaban J connectivity index is 1.76. The summed E-state index contributed by atoms with van der Waals surface area (Å²) in [6.07, 6.45) is 1.19. The Morgan fingerprint density at radius 3 is 2.81 bits per heavy atom. The lowest BCUT2D eigenvalue weighted by Gasteiger charge is -2.44. The number of hydrogen-bond acceptors (Lipinski definition) is 4. The van der Waals surface area contributed by atoms with E-state index in [1.54, 1.807) is 12.0 Å². The number of rotatable bonds is 3. The van der Waals surface area contributed by atoms with Crippen molar-refractivity contribution in [3.8, 4) is 22.6 Å². The van der Waals surface area contributed by atoms with Crippen LogP contribution in [-0.2, 0) is 4.79 Å². The Morgan fingerprint density at radius 1 is 1.26 bits per heavy atom. The molecule has 1 unspecified atom stereocenters. The molecule has 0 spiro atoms. The van der Waals surface area contributed by atoms with E-state index in [4.69, 9.17) is 9.47 Å². The molecule has 2 heterocycles. The van der Waals surface area contributed by atoms with E-state index in [-0.39, 0.29) is 17.9 Å². The average Bonchev–Trinajstić information content (AvgIpc) is 2.72. The lowest BCUT2D eigenvalue weighted by atomic mass is 9.80. The number of aliphatic hydroxyl groups excluding tert-OH is 1. The number of likely N-dealkylation sites (tertiary alicyclic amines) is 1. The highest BCUT2D eigenvalue weighted by Gasteiger charge is 2.43. The van der Waals surface area contributed by atoms with E-state index in [0.29, 0.717) is 25.3 Å². The second-order valence-corrected chi connectivity index (χ2v) is 6.96. The summed E-state index contributed by atoms with van der Waals surface area (Å²) in [7, 11) is 1.64. The molecule has 2 aliphatic heterocycles. The normalized spacial score (nSPS) is 23.6. The summed E-state index contributed by atoms with van der Waals surface area (Å²) >= 11 is 0. The van der Waals surface area contributed by atoms with Crippen molar-refractivity contribution >= 4 is 5.91 Å². The summed E-state index contributed by atoms with van der Waals surface area (Å²) < 4.78 is 11.7.